The summed E-state index contributed by atoms with van der Waals surface area (Å²) in [4.78, 5) is 18.2. The molecular formula is C17H23FN4O2. The molecule has 2 aliphatic rings. The molecule has 1 fully saturated rings. The van der Waals surface area contributed by atoms with Gasteiger partial charge in [-0.2, -0.15) is 0 Å². The Bertz CT molecular complexity index is 654. The lowest BCUT2D eigenvalue weighted by atomic mass is 9.94. The van der Waals surface area contributed by atoms with Gasteiger partial charge >= 0.3 is 6.09 Å². The van der Waals surface area contributed by atoms with Crippen LogP contribution < -0.4 is 11.1 Å². The molecule has 7 heteroatoms. The number of nitrogens with zero attached hydrogens (tertiary/aromatic N) is 2. The number of anilines is 1. The number of hydrogen-bond donors (Lipinski definition) is 2. The minimum Gasteiger partial charge on any atom is -0.449 e. The molecule has 6 nitrogen and oxygen atoms in total. The molecule has 0 atom stereocenters. The maximum atomic E-state index is 13.9. The number of nitrogens with one attached hydrogen (secondary N) is 1. The highest BCUT2D eigenvalue weighted by Gasteiger charge is 2.39. The van der Waals surface area contributed by atoms with Crippen molar-refractivity contribution in [1.82, 2.24) is 4.90 Å². The number of carbonyl (C=O) groups excluding carboxylic acids is 1. The number of amides is 1. The lowest BCUT2D eigenvalue weighted by Crippen LogP contribution is -2.52. The number of likely N-dealkylation sites (tertiary alicyclic amines) is 1. The number of halogens is 1. The number of ether oxygens (including phenoxy) is 1. The average molecular weight is 334 g/mol. The second-order valence-electron chi connectivity index (χ2n) is 6.27. The van der Waals surface area contributed by atoms with Gasteiger partial charge in [0.25, 0.3) is 0 Å². The van der Waals surface area contributed by atoms with Crippen LogP contribution in [0.3, 0.4) is 0 Å². The number of hydrogen-bond acceptors (Lipinski definition) is 5. The SMILES string of the molecule is CCCCOC(=O)N1CCC2(CC1)N=C(N)c1c(F)cccc1N2. The van der Waals surface area contributed by atoms with Crippen molar-refractivity contribution >= 4 is 17.6 Å². The molecule has 3 rings (SSSR count). The van der Waals surface area contributed by atoms with Gasteiger partial charge in [-0.15, -0.1) is 0 Å². The fraction of sp³-hybridized carbons (Fsp3) is 0.529. The van der Waals surface area contributed by atoms with E-state index >= 15 is 0 Å². The highest BCUT2D eigenvalue weighted by atomic mass is 19.1. The van der Waals surface area contributed by atoms with Gasteiger partial charge in [-0.05, 0) is 18.6 Å². The third kappa shape index (κ3) is 3.16. The van der Waals surface area contributed by atoms with Crippen LogP contribution in [-0.4, -0.2) is 42.2 Å². The van der Waals surface area contributed by atoms with Gasteiger partial charge in [0.2, 0.25) is 0 Å². The van der Waals surface area contributed by atoms with E-state index in [1.807, 2.05) is 0 Å². The molecule has 0 unspecified atom stereocenters. The number of amidine groups is 1. The van der Waals surface area contributed by atoms with Crippen molar-refractivity contribution in [3.63, 3.8) is 0 Å². The second kappa shape index (κ2) is 6.67. The predicted molar refractivity (Wildman–Crippen MR) is 90.5 cm³/mol. The fourth-order valence-corrected chi connectivity index (χ4v) is 3.14. The number of rotatable bonds is 3. The monoisotopic (exact) mass is 334 g/mol. The van der Waals surface area contributed by atoms with Gasteiger partial charge in [0.15, 0.2) is 0 Å². The molecule has 130 valence electrons. The van der Waals surface area contributed by atoms with E-state index in [0.717, 1.165) is 12.8 Å². The van der Waals surface area contributed by atoms with E-state index in [2.05, 4.69) is 17.2 Å². The standard InChI is InChI=1S/C17H23FN4O2/c1-2-3-11-24-16(23)22-9-7-17(8-10-22)20-13-6-4-5-12(18)14(13)15(19)21-17/h4-6,20H,2-3,7-11H2,1H3,(H2,19,21). The van der Waals surface area contributed by atoms with E-state index in [-0.39, 0.29) is 17.7 Å². The normalized spacial score (nSPS) is 18.6. The number of carbonyl (C=O) groups is 1. The summed E-state index contributed by atoms with van der Waals surface area (Å²) in [7, 11) is 0. The first-order valence-electron chi connectivity index (χ1n) is 8.39. The number of fused-ring (bicyclic) bond motifs is 1. The quantitative estimate of drug-likeness (QED) is 0.833. The van der Waals surface area contributed by atoms with E-state index in [0.29, 0.717) is 43.8 Å². The van der Waals surface area contributed by atoms with Crippen molar-refractivity contribution in [2.24, 2.45) is 10.7 Å². The van der Waals surface area contributed by atoms with E-state index in [4.69, 9.17) is 10.5 Å². The van der Waals surface area contributed by atoms with E-state index < -0.39 is 5.66 Å². The minimum atomic E-state index is -0.578. The molecule has 2 aliphatic heterocycles. The Kier molecular flexibility index (Phi) is 4.59. The zero-order valence-electron chi connectivity index (χ0n) is 13.8. The largest absolute Gasteiger partial charge is 0.449 e. The highest BCUT2D eigenvalue weighted by Crippen LogP contribution is 2.35. The smallest absolute Gasteiger partial charge is 0.409 e. The summed E-state index contributed by atoms with van der Waals surface area (Å²) in [6.07, 6.45) is 2.79. The lowest BCUT2D eigenvalue weighted by molar-refractivity contribution is 0.0855. The van der Waals surface area contributed by atoms with Crippen LogP contribution in [0.2, 0.25) is 0 Å². The second-order valence-corrected chi connectivity index (χ2v) is 6.27. The number of nitrogens with two attached hydrogens (primary N) is 1. The molecule has 3 N–H and O–H groups in total. The van der Waals surface area contributed by atoms with Crippen molar-refractivity contribution in [3.05, 3.63) is 29.6 Å². The average Bonchev–Trinajstić information content (AvgIpc) is 2.55. The van der Waals surface area contributed by atoms with Crippen molar-refractivity contribution in [2.75, 3.05) is 25.0 Å². The summed E-state index contributed by atoms with van der Waals surface area (Å²) in [5, 5.41) is 3.31. The molecule has 1 aromatic rings. The number of piperidine rings is 1. The summed E-state index contributed by atoms with van der Waals surface area (Å²) >= 11 is 0. The lowest BCUT2D eigenvalue weighted by Gasteiger charge is -2.42. The van der Waals surface area contributed by atoms with Crippen LogP contribution >= 0.6 is 0 Å². The molecule has 2 heterocycles. The third-order valence-corrected chi connectivity index (χ3v) is 4.54. The predicted octanol–water partition coefficient (Wildman–Crippen LogP) is 2.69. The molecule has 0 saturated carbocycles. The molecule has 24 heavy (non-hydrogen) atoms. The highest BCUT2D eigenvalue weighted by molar-refractivity contribution is 6.04. The van der Waals surface area contributed by atoms with Crippen LogP contribution in [0.5, 0.6) is 0 Å². The third-order valence-electron chi connectivity index (χ3n) is 4.54. The van der Waals surface area contributed by atoms with Crippen LogP contribution in [0.25, 0.3) is 0 Å². The molecular weight excluding hydrogens is 311 g/mol. The van der Waals surface area contributed by atoms with Crippen molar-refractivity contribution < 1.29 is 13.9 Å². The molecule has 1 spiro atoms. The first kappa shape index (κ1) is 16.5. The Morgan fingerprint density at radius 3 is 2.92 bits per heavy atom. The van der Waals surface area contributed by atoms with Crippen LogP contribution in [0.15, 0.2) is 23.2 Å². The van der Waals surface area contributed by atoms with Gasteiger partial charge < -0.3 is 20.7 Å². The maximum Gasteiger partial charge on any atom is 0.409 e. The summed E-state index contributed by atoms with van der Waals surface area (Å²) in [5.74, 6) is -0.172. The molecule has 1 amide bonds. The Morgan fingerprint density at radius 1 is 1.46 bits per heavy atom. The summed E-state index contributed by atoms with van der Waals surface area (Å²) < 4.78 is 19.2. The molecule has 0 radical (unpaired) electrons. The van der Waals surface area contributed by atoms with Gasteiger partial charge in [0.05, 0.1) is 12.2 Å². The zero-order chi connectivity index (χ0) is 17.2. The van der Waals surface area contributed by atoms with E-state index in [1.165, 1.54) is 6.07 Å². The minimum absolute atomic E-state index is 0.209. The van der Waals surface area contributed by atoms with Gasteiger partial charge in [0, 0.05) is 31.6 Å². The molecule has 0 aromatic heterocycles. The summed E-state index contributed by atoms with van der Waals surface area (Å²) in [5.41, 5.74) is 6.39. The van der Waals surface area contributed by atoms with Gasteiger partial charge in [-0.3, -0.25) is 0 Å². The first-order chi connectivity index (χ1) is 11.5. The van der Waals surface area contributed by atoms with Crippen LogP contribution in [0.1, 0.15) is 38.2 Å². The van der Waals surface area contributed by atoms with E-state index in [1.54, 1.807) is 17.0 Å². The Labute approximate surface area is 140 Å². The Morgan fingerprint density at radius 2 is 2.21 bits per heavy atom. The van der Waals surface area contributed by atoms with E-state index in [9.17, 15) is 9.18 Å². The first-order valence-corrected chi connectivity index (χ1v) is 8.39. The molecule has 1 aromatic carbocycles. The number of unbranched alkanes of at least 4 members (excludes halogenated alkanes) is 1. The maximum absolute atomic E-state index is 13.9. The Balaban J connectivity index is 1.67. The molecule has 0 aliphatic carbocycles. The Hall–Kier alpha value is -2.31. The van der Waals surface area contributed by atoms with Gasteiger partial charge in [-0.25, -0.2) is 14.2 Å². The molecule has 0 bridgehead atoms. The molecule has 1 saturated heterocycles. The summed E-state index contributed by atoms with van der Waals surface area (Å²) in [6.45, 7) is 3.56. The van der Waals surface area contributed by atoms with Crippen LogP contribution in [-0.2, 0) is 4.74 Å². The van der Waals surface area contributed by atoms with Crippen LogP contribution in [0, 0.1) is 5.82 Å². The fourth-order valence-electron chi connectivity index (χ4n) is 3.14. The van der Waals surface area contributed by atoms with Gasteiger partial charge in [-0.1, -0.05) is 19.4 Å². The number of aliphatic imine (C=N–C) groups is 1. The van der Waals surface area contributed by atoms with Crippen molar-refractivity contribution in [3.8, 4) is 0 Å². The van der Waals surface area contributed by atoms with Crippen LogP contribution in [0.4, 0.5) is 14.9 Å². The summed E-state index contributed by atoms with van der Waals surface area (Å²) in [6, 6.07) is 4.82. The number of benzene rings is 1. The van der Waals surface area contributed by atoms with Gasteiger partial charge in [0.1, 0.15) is 17.3 Å². The van der Waals surface area contributed by atoms with Crippen molar-refractivity contribution in [1.29, 1.82) is 0 Å². The van der Waals surface area contributed by atoms with Crippen molar-refractivity contribution in [2.45, 2.75) is 38.3 Å². The zero-order valence-corrected chi connectivity index (χ0v) is 13.8. The topological polar surface area (TPSA) is 80.0 Å².